The largest absolute Gasteiger partial charge is 0.474 e. The molecule has 0 spiro atoms. The Morgan fingerprint density at radius 1 is 1.48 bits per heavy atom. The second-order valence-corrected chi connectivity index (χ2v) is 5.89. The van der Waals surface area contributed by atoms with Gasteiger partial charge in [0.25, 0.3) is 0 Å². The van der Waals surface area contributed by atoms with Crippen molar-refractivity contribution in [3.63, 3.8) is 0 Å². The van der Waals surface area contributed by atoms with Crippen LogP contribution >= 0.6 is 0 Å². The molecule has 1 aliphatic rings. The van der Waals surface area contributed by atoms with Crippen molar-refractivity contribution in [1.82, 2.24) is 14.8 Å². The lowest BCUT2D eigenvalue weighted by Crippen LogP contribution is -2.21. The number of carbonyl (C=O) groups is 1. The molecule has 0 amide bonds. The molecular weight excluding hydrogens is 298 g/mol. The molecule has 2 aromatic heterocycles. The van der Waals surface area contributed by atoms with Gasteiger partial charge in [-0.05, 0) is 32.8 Å². The lowest BCUT2D eigenvalue weighted by atomic mass is 10.1. The van der Waals surface area contributed by atoms with Crippen molar-refractivity contribution in [2.75, 3.05) is 20.3 Å². The van der Waals surface area contributed by atoms with Crippen LogP contribution in [0.5, 0.6) is 5.88 Å². The van der Waals surface area contributed by atoms with E-state index >= 15 is 0 Å². The Morgan fingerprint density at radius 3 is 2.96 bits per heavy atom. The smallest absolute Gasteiger partial charge is 0.343 e. The van der Waals surface area contributed by atoms with E-state index in [0.717, 1.165) is 24.8 Å². The number of methoxy groups -OCH3 is 1. The van der Waals surface area contributed by atoms with E-state index in [-0.39, 0.29) is 18.0 Å². The summed E-state index contributed by atoms with van der Waals surface area (Å²) in [7, 11) is 1.34. The van der Waals surface area contributed by atoms with E-state index in [4.69, 9.17) is 14.2 Å². The fraction of sp³-hybridized carbons (Fsp3) is 0.562. The lowest BCUT2D eigenvalue weighted by Gasteiger charge is -2.21. The summed E-state index contributed by atoms with van der Waals surface area (Å²) >= 11 is 0. The minimum absolute atomic E-state index is 0.0998. The quantitative estimate of drug-likeness (QED) is 0.805. The van der Waals surface area contributed by atoms with E-state index in [0.29, 0.717) is 17.8 Å². The van der Waals surface area contributed by atoms with Gasteiger partial charge >= 0.3 is 5.97 Å². The summed E-state index contributed by atoms with van der Waals surface area (Å²) in [6.07, 6.45) is 3.83. The van der Waals surface area contributed by atoms with Gasteiger partial charge in [-0.15, -0.1) is 0 Å². The maximum absolute atomic E-state index is 12.0. The van der Waals surface area contributed by atoms with E-state index in [1.807, 2.05) is 24.7 Å². The first-order chi connectivity index (χ1) is 11.1. The zero-order valence-electron chi connectivity index (χ0n) is 13.6. The first-order valence-corrected chi connectivity index (χ1v) is 7.81. The molecule has 0 N–H and O–H groups in total. The summed E-state index contributed by atoms with van der Waals surface area (Å²) in [5, 5.41) is 5.31. The van der Waals surface area contributed by atoms with Crippen LogP contribution in [0.2, 0.25) is 0 Å². The summed E-state index contributed by atoms with van der Waals surface area (Å²) in [6, 6.07) is 1.92. The van der Waals surface area contributed by atoms with Crippen LogP contribution in [-0.2, 0) is 9.47 Å². The van der Waals surface area contributed by atoms with E-state index in [9.17, 15) is 4.79 Å². The highest BCUT2D eigenvalue weighted by molar-refractivity contribution is 5.95. The van der Waals surface area contributed by atoms with Crippen LogP contribution in [0.1, 0.15) is 43.1 Å². The number of carbonyl (C=O) groups excluding carboxylic acids is 1. The van der Waals surface area contributed by atoms with Gasteiger partial charge in [0.15, 0.2) is 5.65 Å². The monoisotopic (exact) mass is 319 g/mol. The van der Waals surface area contributed by atoms with Crippen LogP contribution in [0.25, 0.3) is 11.0 Å². The molecule has 1 atom stereocenters. The SMILES string of the molecule is COC(=O)c1cc2cn(C3CCCOC3)nc2nc1OC(C)C. The Balaban J connectivity index is 2.01. The molecule has 0 saturated carbocycles. The van der Waals surface area contributed by atoms with Crippen molar-refractivity contribution in [1.29, 1.82) is 0 Å². The zero-order chi connectivity index (χ0) is 16.4. The number of ether oxygens (including phenoxy) is 3. The molecule has 7 nitrogen and oxygen atoms in total. The molecule has 1 aliphatic heterocycles. The molecule has 0 aliphatic carbocycles. The van der Waals surface area contributed by atoms with Gasteiger partial charge in [-0.3, -0.25) is 4.68 Å². The summed E-state index contributed by atoms with van der Waals surface area (Å²) in [5.41, 5.74) is 0.868. The topological polar surface area (TPSA) is 75.5 Å². The van der Waals surface area contributed by atoms with Crippen molar-refractivity contribution in [3.05, 3.63) is 17.8 Å². The molecule has 124 valence electrons. The number of aromatic nitrogens is 3. The molecule has 1 fully saturated rings. The van der Waals surface area contributed by atoms with Crippen LogP contribution in [-0.4, -0.2) is 47.2 Å². The Morgan fingerprint density at radius 2 is 2.30 bits per heavy atom. The van der Waals surface area contributed by atoms with Gasteiger partial charge in [-0.25, -0.2) is 4.79 Å². The fourth-order valence-electron chi connectivity index (χ4n) is 2.65. The van der Waals surface area contributed by atoms with Gasteiger partial charge in [0.05, 0.1) is 25.9 Å². The second kappa shape index (κ2) is 6.54. The number of fused-ring (bicyclic) bond motifs is 1. The molecule has 0 bridgehead atoms. The molecule has 2 aromatic rings. The molecule has 3 heterocycles. The van der Waals surface area contributed by atoms with Gasteiger partial charge in [-0.2, -0.15) is 10.1 Å². The highest BCUT2D eigenvalue weighted by atomic mass is 16.5. The van der Waals surface area contributed by atoms with Gasteiger partial charge in [-0.1, -0.05) is 0 Å². The highest BCUT2D eigenvalue weighted by Crippen LogP contribution is 2.26. The third-order valence-corrected chi connectivity index (χ3v) is 3.74. The molecule has 7 heteroatoms. The van der Waals surface area contributed by atoms with Crippen molar-refractivity contribution >= 4 is 17.0 Å². The van der Waals surface area contributed by atoms with Crippen LogP contribution in [0.4, 0.5) is 0 Å². The van der Waals surface area contributed by atoms with Crippen molar-refractivity contribution < 1.29 is 19.0 Å². The van der Waals surface area contributed by atoms with E-state index in [1.54, 1.807) is 6.07 Å². The second-order valence-electron chi connectivity index (χ2n) is 5.89. The average molecular weight is 319 g/mol. The number of esters is 1. The maximum atomic E-state index is 12.0. The van der Waals surface area contributed by atoms with Crippen LogP contribution in [0, 0.1) is 0 Å². The van der Waals surface area contributed by atoms with Gasteiger partial charge in [0.1, 0.15) is 5.56 Å². The van der Waals surface area contributed by atoms with Gasteiger partial charge < -0.3 is 14.2 Å². The Kier molecular flexibility index (Phi) is 4.47. The van der Waals surface area contributed by atoms with Crippen molar-refractivity contribution in [2.45, 2.75) is 38.8 Å². The highest BCUT2D eigenvalue weighted by Gasteiger charge is 2.21. The maximum Gasteiger partial charge on any atom is 0.343 e. The van der Waals surface area contributed by atoms with Gasteiger partial charge in [0.2, 0.25) is 5.88 Å². The summed E-state index contributed by atoms with van der Waals surface area (Å²) < 4.78 is 17.8. The number of hydrogen-bond acceptors (Lipinski definition) is 6. The molecular formula is C16H21N3O4. The van der Waals surface area contributed by atoms with Crippen molar-refractivity contribution in [3.8, 4) is 5.88 Å². The predicted octanol–water partition coefficient (Wildman–Crippen LogP) is 2.36. The standard InChI is InChI=1S/C16H21N3O4/c1-10(2)23-15-13(16(20)21-3)7-11-8-19(18-14(11)17-15)12-5-4-6-22-9-12/h7-8,10,12H,4-6,9H2,1-3H3. The summed E-state index contributed by atoms with van der Waals surface area (Å²) in [5.74, 6) is -0.215. The number of hydrogen-bond donors (Lipinski definition) is 0. The Labute approximate surface area is 134 Å². The van der Waals surface area contributed by atoms with Crippen molar-refractivity contribution in [2.24, 2.45) is 0 Å². The van der Waals surface area contributed by atoms with E-state index < -0.39 is 5.97 Å². The normalized spacial score (nSPS) is 18.3. The molecule has 23 heavy (non-hydrogen) atoms. The zero-order valence-corrected chi connectivity index (χ0v) is 13.6. The number of nitrogens with zero attached hydrogens (tertiary/aromatic N) is 3. The third-order valence-electron chi connectivity index (χ3n) is 3.74. The third kappa shape index (κ3) is 3.29. The first-order valence-electron chi connectivity index (χ1n) is 7.81. The van der Waals surface area contributed by atoms with E-state index in [1.165, 1.54) is 7.11 Å². The summed E-state index contributed by atoms with van der Waals surface area (Å²) in [4.78, 5) is 16.4. The molecule has 1 saturated heterocycles. The Bertz CT molecular complexity index is 705. The average Bonchev–Trinajstić information content (AvgIpc) is 2.96. The molecule has 0 aromatic carbocycles. The van der Waals surface area contributed by atoms with Crippen LogP contribution in [0.15, 0.2) is 12.3 Å². The minimum atomic E-state index is -0.469. The molecule has 3 rings (SSSR count). The first kappa shape index (κ1) is 15.7. The lowest BCUT2D eigenvalue weighted by molar-refractivity contribution is 0.0551. The number of pyridine rings is 1. The molecule has 0 radical (unpaired) electrons. The van der Waals surface area contributed by atoms with Crippen LogP contribution < -0.4 is 4.74 Å². The minimum Gasteiger partial charge on any atom is -0.474 e. The van der Waals surface area contributed by atoms with Crippen LogP contribution in [0.3, 0.4) is 0 Å². The Hall–Kier alpha value is -2.15. The van der Waals surface area contributed by atoms with Gasteiger partial charge in [0, 0.05) is 18.2 Å². The fourth-order valence-corrected chi connectivity index (χ4v) is 2.65. The predicted molar refractivity (Wildman–Crippen MR) is 83.7 cm³/mol. The number of rotatable bonds is 4. The molecule has 1 unspecified atom stereocenters. The van der Waals surface area contributed by atoms with E-state index in [2.05, 4.69) is 10.1 Å². The summed E-state index contributed by atoms with van der Waals surface area (Å²) in [6.45, 7) is 5.21.